The maximum Gasteiger partial charge on any atom is 0.191 e. The van der Waals surface area contributed by atoms with Gasteiger partial charge in [0.15, 0.2) is 11.6 Å². The molecule has 0 saturated carbocycles. The van der Waals surface area contributed by atoms with Gasteiger partial charge in [0.25, 0.3) is 0 Å². The Morgan fingerprint density at radius 2 is 2.08 bits per heavy atom. The minimum Gasteiger partial charge on any atom is -0.357 e. The molecular weight excluding hydrogens is 443 g/mol. The van der Waals surface area contributed by atoms with E-state index in [1.165, 1.54) is 0 Å². The predicted octanol–water partition coefficient (Wildman–Crippen LogP) is 1.77. The quantitative estimate of drug-likeness (QED) is 0.239. The van der Waals surface area contributed by atoms with E-state index in [1.54, 1.807) is 6.20 Å². The Kier molecular flexibility index (Phi) is 7.82. The largest absolute Gasteiger partial charge is 0.357 e. The van der Waals surface area contributed by atoms with Crippen molar-refractivity contribution in [1.82, 2.24) is 35.0 Å². The van der Waals surface area contributed by atoms with E-state index in [4.69, 9.17) is 0 Å². The fourth-order valence-electron chi connectivity index (χ4n) is 2.57. The Hall–Kier alpha value is -2.17. The van der Waals surface area contributed by atoms with Gasteiger partial charge in [-0.3, -0.25) is 9.08 Å². The first-order chi connectivity index (χ1) is 12.3. The third-order valence-corrected chi connectivity index (χ3v) is 3.92. The van der Waals surface area contributed by atoms with Crippen LogP contribution in [-0.2, 0) is 20.0 Å². The van der Waals surface area contributed by atoms with Crippen LogP contribution < -0.4 is 10.6 Å². The molecule has 0 aliphatic heterocycles. The zero-order chi connectivity index (χ0) is 17.5. The summed E-state index contributed by atoms with van der Waals surface area (Å²) >= 11 is 0. The van der Waals surface area contributed by atoms with Gasteiger partial charge in [0.1, 0.15) is 5.82 Å². The molecule has 0 bridgehead atoms. The number of halogens is 1. The van der Waals surface area contributed by atoms with Gasteiger partial charge >= 0.3 is 0 Å². The van der Waals surface area contributed by atoms with E-state index in [9.17, 15) is 0 Å². The van der Waals surface area contributed by atoms with Gasteiger partial charge in [-0.1, -0.05) is 6.07 Å². The lowest BCUT2D eigenvalue weighted by Gasteiger charge is -2.11. The molecule has 0 aliphatic carbocycles. The van der Waals surface area contributed by atoms with Crippen molar-refractivity contribution in [1.29, 1.82) is 0 Å². The van der Waals surface area contributed by atoms with Crippen molar-refractivity contribution in [2.45, 2.75) is 26.3 Å². The van der Waals surface area contributed by atoms with Gasteiger partial charge in [-0.15, -0.1) is 34.2 Å². The second kappa shape index (κ2) is 10.1. The molecule has 9 heteroatoms. The maximum atomic E-state index is 4.60. The highest BCUT2D eigenvalue weighted by molar-refractivity contribution is 14.0. The first-order valence-corrected chi connectivity index (χ1v) is 8.55. The van der Waals surface area contributed by atoms with E-state index < -0.39 is 0 Å². The van der Waals surface area contributed by atoms with E-state index in [1.807, 2.05) is 46.6 Å². The van der Waals surface area contributed by atoms with Gasteiger partial charge in [0, 0.05) is 39.0 Å². The van der Waals surface area contributed by atoms with Crippen molar-refractivity contribution in [2.24, 2.45) is 12.0 Å². The number of hydrogen-bond donors (Lipinski definition) is 2. The molecule has 0 aromatic carbocycles. The standard InChI is InChI=1S/C17H24N8.HI/c1-3-18-17(20-13-14-9-11-21-24(14)2)19-10-6-8-16-23-22-15-7-4-5-12-25(15)16;/h4-5,7,9,11-12H,3,6,8,10,13H2,1-2H3,(H2,18,19,20);1H. The fraction of sp³-hybridized carbons (Fsp3) is 0.412. The van der Waals surface area contributed by atoms with E-state index in [0.717, 1.165) is 49.1 Å². The van der Waals surface area contributed by atoms with Crippen LogP contribution in [0.15, 0.2) is 41.7 Å². The summed E-state index contributed by atoms with van der Waals surface area (Å²) in [7, 11) is 1.92. The molecule has 0 aliphatic rings. The Morgan fingerprint density at radius 3 is 2.85 bits per heavy atom. The highest BCUT2D eigenvalue weighted by Gasteiger charge is 2.05. The van der Waals surface area contributed by atoms with Crippen LogP contribution in [0.4, 0.5) is 0 Å². The van der Waals surface area contributed by atoms with Crippen molar-refractivity contribution in [3.63, 3.8) is 0 Å². The van der Waals surface area contributed by atoms with E-state index in [0.29, 0.717) is 6.54 Å². The minimum absolute atomic E-state index is 0. The summed E-state index contributed by atoms with van der Waals surface area (Å²) in [6.07, 6.45) is 5.59. The van der Waals surface area contributed by atoms with Crippen LogP contribution in [0.25, 0.3) is 5.65 Å². The highest BCUT2D eigenvalue weighted by atomic mass is 127. The third-order valence-electron chi connectivity index (χ3n) is 3.92. The van der Waals surface area contributed by atoms with Crippen molar-refractivity contribution in [2.75, 3.05) is 13.1 Å². The topological polar surface area (TPSA) is 84.4 Å². The van der Waals surface area contributed by atoms with Gasteiger partial charge in [-0.05, 0) is 31.5 Å². The van der Waals surface area contributed by atoms with Crippen LogP contribution in [0.2, 0.25) is 0 Å². The Labute approximate surface area is 170 Å². The number of fused-ring (bicyclic) bond motifs is 1. The molecular formula is C17H25IN8. The van der Waals surface area contributed by atoms with Crippen LogP contribution in [-0.4, -0.2) is 43.4 Å². The number of nitrogens with zero attached hydrogens (tertiary/aromatic N) is 6. The summed E-state index contributed by atoms with van der Waals surface area (Å²) in [5.74, 6) is 1.80. The number of guanidine groups is 1. The number of aryl methyl sites for hydroxylation is 2. The van der Waals surface area contributed by atoms with E-state index >= 15 is 0 Å². The van der Waals surface area contributed by atoms with Gasteiger partial charge < -0.3 is 10.6 Å². The maximum absolute atomic E-state index is 4.60. The van der Waals surface area contributed by atoms with Crippen LogP contribution in [0, 0.1) is 0 Å². The second-order valence-corrected chi connectivity index (χ2v) is 5.72. The lowest BCUT2D eigenvalue weighted by Crippen LogP contribution is -2.38. The molecule has 8 nitrogen and oxygen atoms in total. The van der Waals surface area contributed by atoms with Crippen LogP contribution >= 0.6 is 24.0 Å². The number of hydrogen-bond acceptors (Lipinski definition) is 4. The summed E-state index contributed by atoms with van der Waals surface area (Å²) in [6, 6.07) is 7.90. The fourth-order valence-corrected chi connectivity index (χ4v) is 2.57. The molecule has 3 heterocycles. The molecule has 3 aromatic rings. The van der Waals surface area contributed by atoms with E-state index in [-0.39, 0.29) is 24.0 Å². The molecule has 0 spiro atoms. The minimum atomic E-state index is 0. The molecule has 0 unspecified atom stereocenters. The molecule has 0 atom stereocenters. The normalized spacial score (nSPS) is 11.4. The highest BCUT2D eigenvalue weighted by Crippen LogP contribution is 2.04. The molecule has 0 radical (unpaired) electrons. The average Bonchev–Trinajstić information content (AvgIpc) is 3.22. The average molecular weight is 468 g/mol. The van der Waals surface area contributed by atoms with Crippen LogP contribution in [0.5, 0.6) is 0 Å². The van der Waals surface area contributed by atoms with Crippen molar-refractivity contribution in [3.05, 3.63) is 48.2 Å². The molecule has 0 fully saturated rings. The van der Waals surface area contributed by atoms with E-state index in [2.05, 4.69) is 37.8 Å². The lowest BCUT2D eigenvalue weighted by molar-refractivity contribution is 0.697. The van der Waals surface area contributed by atoms with Gasteiger partial charge in [-0.2, -0.15) is 5.10 Å². The summed E-state index contributed by atoms with van der Waals surface area (Å²) in [4.78, 5) is 4.60. The second-order valence-electron chi connectivity index (χ2n) is 5.72. The Bertz CT molecular complexity index is 838. The van der Waals surface area contributed by atoms with Crippen LogP contribution in [0.1, 0.15) is 24.9 Å². The first kappa shape index (κ1) is 20.1. The van der Waals surface area contributed by atoms with Gasteiger partial charge in [0.2, 0.25) is 0 Å². The number of aliphatic imine (C=N–C) groups is 1. The van der Waals surface area contributed by atoms with Gasteiger partial charge in [0.05, 0.1) is 12.2 Å². The number of nitrogens with one attached hydrogen (secondary N) is 2. The summed E-state index contributed by atoms with van der Waals surface area (Å²) in [6.45, 7) is 4.30. The molecule has 140 valence electrons. The Balaban J connectivity index is 0.00000243. The third kappa shape index (κ3) is 5.16. The molecule has 3 rings (SSSR count). The lowest BCUT2D eigenvalue weighted by atomic mass is 10.3. The van der Waals surface area contributed by atoms with Crippen molar-refractivity contribution < 1.29 is 0 Å². The number of pyridine rings is 1. The van der Waals surface area contributed by atoms with Crippen molar-refractivity contribution >= 4 is 35.6 Å². The number of aromatic nitrogens is 5. The molecule has 2 N–H and O–H groups in total. The molecule has 0 saturated heterocycles. The SMILES string of the molecule is CCNC(=NCc1ccnn1C)NCCCc1nnc2ccccn12.I. The number of rotatable bonds is 7. The first-order valence-electron chi connectivity index (χ1n) is 8.55. The zero-order valence-electron chi connectivity index (χ0n) is 15.1. The molecule has 0 amide bonds. The monoisotopic (exact) mass is 468 g/mol. The zero-order valence-corrected chi connectivity index (χ0v) is 17.4. The summed E-state index contributed by atoms with van der Waals surface area (Å²) in [5, 5.41) is 19.2. The predicted molar refractivity (Wildman–Crippen MR) is 113 cm³/mol. The smallest absolute Gasteiger partial charge is 0.191 e. The molecule has 3 aromatic heterocycles. The summed E-state index contributed by atoms with van der Waals surface area (Å²) in [5.41, 5.74) is 1.96. The molecule has 26 heavy (non-hydrogen) atoms. The Morgan fingerprint density at radius 1 is 1.19 bits per heavy atom. The van der Waals surface area contributed by atoms with Crippen molar-refractivity contribution in [3.8, 4) is 0 Å². The van der Waals surface area contributed by atoms with Crippen LogP contribution in [0.3, 0.4) is 0 Å². The van der Waals surface area contributed by atoms with Gasteiger partial charge in [-0.25, -0.2) is 4.99 Å². The summed E-state index contributed by atoms with van der Waals surface area (Å²) < 4.78 is 3.87.